The fourth-order valence-corrected chi connectivity index (χ4v) is 2.90. The van der Waals surface area contributed by atoms with Gasteiger partial charge in [-0.3, -0.25) is 4.79 Å². The van der Waals surface area contributed by atoms with Gasteiger partial charge in [0.15, 0.2) is 5.16 Å². The molecule has 0 N–H and O–H groups in total. The van der Waals surface area contributed by atoms with Gasteiger partial charge in [0.05, 0.1) is 32.0 Å². The van der Waals surface area contributed by atoms with Gasteiger partial charge in [0, 0.05) is 5.33 Å². The summed E-state index contributed by atoms with van der Waals surface area (Å²) in [4.78, 5) is 20.2. The number of carbonyl (C=O) groups is 1. The zero-order chi connectivity index (χ0) is 17.5. The van der Waals surface area contributed by atoms with Gasteiger partial charge in [-0.25, -0.2) is 0 Å². The van der Waals surface area contributed by atoms with Gasteiger partial charge in [0.2, 0.25) is 11.8 Å². The predicted molar refractivity (Wildman–Crippen MR) is 93.6 cm³/mol. The van der Waals surface area contributed by atoms with E-state index in [2.05, 4.69) is 46.7 Å². The Balaban J connectivity index is 2.87. The molecule has 6 nitrogen and oxygen atoms in total. The number of halogens is 1. The first kappa shape index (κ1) is 20.0. The molecule has 1 atom stereocenters. The van der Waals surface area contributed by atoms with Crippen molar-refractivity contribution in [2.45, 2.75) is 37.6 Å². The van der Waals surface area contributed by atoms with E-state index in [1.165, 1.54) is 11.8 Å². The summed E-state index contributed by atoms with van der Waals surface area (Å²) in [5.74, 6) is 0.646. The number of alkyl halides is 1. The molecule has 0 aliphatic carbocycles. The lowest BCUT2D eigenvalue weighted by molar-refractivity contribution is -0.143. The first-order valence-electron chi connectivity index (χ1n) is 7.15. The second-order valence-corrected chi connectivity index (χ2v) is 7.79. The Morgan fingerprint density at radius 2 is 1.83 bits per heavy atom. The number of esters is 1. The zero-order valence-corrected chi connectivity index (χ0v) is 16.5. The Hall–Kier alpha value is -1.02. The molecule has 1 heterocycles. The summed E-state index contributed by atoms with van der Waals surface area (Å²) in [6.45, 7) is 6.55. The second-order valence-electron chi connectivity index (χ2n) is 5.83. The van der Waals surface area contributed by atoms with Crippen molar-refractivity contribution in [2.24, 2.45) is 5.41 Å². The number of rotatable bonds is 8. The lowest BCUT2D eigenvalue weighted by atomic mass is 9.92. The van der Waals surface area contributed by atoms with E-state index in [0.717, 1.165) is 0 Å². The van der Waals surface area contributed by atoms with Gasteiger partial charge in [-0.05, 0) is 5.41 Å². The second kappa shape index (κ2) is 9.32. The van der Waals surface area contributed by atoms with Crippen molar-refractivity contribution in [3.05, 3.63) is 6.07 Å². The molecule has 1 aromatic heterocycles. The third-order valence-corrected chi connectivity index (χ3v) is 4.90. The van der Waals surface area contributed by atoms with Crippen LogP contribution in [0.2, 0.25) is 0 Å². The molecule has 0 aliphatic rings. The molecular formula is C15H23BrN2O4S. The molecule has 1 rings (SSSR count). The molecule has 0 aromatic carbocycles. The van der Waals surface area contributed by atoms with Crippen LogP contribution in [0.3, 0.4) is 0 Å². The maximum atomic E-state index is 11.6. The zero-order valence-electron chi connectivity index (χ0n) is 14.1. The third-order valence-electron chi connectivity index (χ3n) is 2.98. The van der Waals surface area contributed by atoms with Crippen LogP contribution in [-0.4, -0.2) is 47.3 Å². The molecule has 0 radical (unpaired) electrons. The third kappa shape index (κ3) is 6.95. The number of nitrogens with zero attached hydrogens (tertiary/aromatic N) is 2. The van der Waals surface area contributed by atoms with E-state index < -0.39 is 0 Å². The molecular weight excluding hydrogens is 384 g/mol. The first-order valence-corrected chi connectivity index (χ1v) is 9.15. The minimum absolute atomic E-state index is 0.00131. The van der Waals surface area contributed by atoms with Gasteiger partial charge >= 0.3 is 5.97 Å². The van der Waals surface area contributed by atoms with E-state index in [-0.39, 0.29) is 16.6 Å². The minimum atomic E-state index is -0.221. The SMILES string of the molecule is COc1cc(OC)nc(SC(COC(=O)CCBr)C(C)(C)C)n1. The van der Waals surface area contributed by atoms with Crippen molar-refractivity contribution < 1.29 is 19.0 Å². The molecule has 1 unspecified atom stereocenters. The molecule has 0 saturated heterocycles. The number of ether oxygens (including phenoxy) is 3. The highest BCUT2D eigenvalue weighted by Crippen LogP contribution is 2.35. The predicted octanol–water partition coefficient (Wildman–Crippen LogP) is 3.33. The van der Waals surface area contributed by atoms with E-state index in [1.807, 2.05) is 0 Å². The fourth-order valence-electron chi connectivity index (χ4n) is 1.55. The standard InChI is InChI=1S/C15H23BrN2O4S/c1-15(2,3)10(9-22-13(19)6-7-16)23-14-17-11(20-4)8-12(18-14)21-5/h8,10H,6-7,9H2,1-5H3. The van der Waals surface area contributed by atoms with Crippen LogP contribution in [0.4, 0.5) is 0 Å². The largest absolute Gasteiger partial charge is 0.481 e. The number of methoxy groups -OCH3 is 2. The van der Waals surface area contributed by atoms with Gasteiger partial charge < -0.3 is 14.2 Å². The van der Waals surface area contributed by atoms with Crippen LogP contribution in [0.15, 0.2) is 11.2 Å². The van der Waals surface area contributed by atoms with Crippen LogP contribution >= 0.6 is 27.7 Å². The highest BCUT2D eigenvalue weighted by Gasteiger charge is 2.28. The van der Waals surface area contributed by atoms with Crippen molar-refractivity contribution in [1.82, 2.24) is 9.97 Å². The number of hydrogen-bond donors (Lipinski definition) is 0. The number of thioether (sulfide) groups is 1. The van der Waals surface area contributed by atoms with Crippen LogP contribution in [0.25, 0.3) is 0 Å². The maximum Gasteiger partial charge on any atom is 0.306 e. The Morgan fingerprint density at radius 3 is 2.26 bits per heavy atom. The van der Waals surface area contributed by atoms with Gasteiger partial charge in [-0.15, -0.1) is 0 Å². The number of hydrogen-bond acceptors (Lipinski definition) is 7. The Labute approximate surface area is 149 Å². The molecule has 0 amide bonds. The van der Waals surface area contributed by atoms with Gasteiger partial charge in [-0.1, -0.05) is 48.5 Å². The molecule has 0 saturated carbocycles. The maximum absolute atomic E-state index is 11.6. The monoisotopic (exact) mass is 406 g/mol. The number of aromatic nitrogens is 2. The van der Waals surface area contributed by atoms with Crippen molar-refractivity contribution >= 4 is 33.7 Å². The summed E-state index contributed by atoms with van der Waals surface area (Å²) in [5.41, 5.74) is -0.0982. The smallest absolute Gasteiger partial charge is 0.306 e. The molecule has 8 heteroatoms. The van der Waals surface area contributed by atoms with Crippen LogP contribution in [0.5, 0.6) is 11.8 Å². The van der Waals surface area contributed by atoms with E-state index in [4.69, 9.17) is 14.2 Å². The Bertz CT molecular complexity index is 500. The summed E-state index contributed by atoms with van der Waals surface area (Å²) >= 11 is 4.67. The van der Waals surface area contributed by atoms with Gasteiger partial charge in [0.25, 0.3) is 0 Å². The average Bonchev–Trinajstić information content (AvgIpc) is 2.50. The minimum Gasteiger partial charge on any atom is -0.481 e. The highest BCUT2D eigenvalue weighted by atomic mass is 79.9. The first-order chi connectivity index (χ1) is 10.8. The summed E-state index contributed by atoms with van der Waals surface area (Å²) < 4.78 is 15.7. The fraction of sp³-hybridized carbons (Fsp3) is 0.667. The lowest BCUT2D eigenvalue weighted by Crippen LogP contribution is -2.29. The molecule has 0 aliphatic heterocycles. The van der Waals surface area contributed by atoms with Crippen molar-refractivity contribution in [3.63, 3.8) is 0 Å². The van der Waals surface area contributed by atoms with Gasteiger partial charge in [-0.2, -0.15) is 9.97 Å². The summed E-state index contributed by atoms with van der Waals surface area (Å²) in [6.07, 6.45) is 0.352. The summed E-state index contributed by atoms with van der Waals surface area (Å²) in [6, 6.07) is 1.62. The van der Waals surface area contributed by atoms with Crippen LogP contribution in [0.1, 0.15) is 27.2 Å². The van der Waals surface area contributed by atoms with Crippen molar-refractivity contribution in [3.8, 4) is 11.8 Å². The van der Waals surface area contributed by atoms with Crippen LogP contribution in [-0.2, 0) is 9.53 Å². The molecule has 0 spiro atoms. The molecule has 23 heavy (non-hydrogen) atoms. The lowest BCUT2D eigenvalue weighted by Gasteiger charge is -2.29. The Morgan fingerprint density at radius 1 is 1.26 bits per heavy atom. The van der Waals surface area contributed by atoms with E-state index in [0.29, 0.717) is 35.3 Å². The quantitative estimate of drug-likeness (QED) is 0.283. The van der Waals surface area contributed by atoms with Gasteiger partial charge in [0.1, 0.15) is 6.61 Å². The van der Waals surface area contributed by atoms with Crippen LogP contribution < -0.4 is 9.47 Å². The van der Waals surface area contributed by atoms with Crippen molar-refractivity contribution in [2.75, 3.05) is 26.2 Å². The topological polar surface area (TPSA) is 70.5 Å². The normalized spacial score (nSPS) is 12.6. The Kier molecular flexibility index (Phi) is 8.11. The molecule has 1 aromatic rings. The summed E-state index contributed by atoms with van der Waals surface area (Å²) in [5, 5.41) is 1.12. The average molecular weight is 407 g/mol. The molecule has 0 bridgehead atoms. The van der Waals surface area contributed by atoms with E-state index in [9.17, 15) is 4.79 Å². The summed E-state index contributed by atoms with van der Waals surface area (Å²) in [7, 11) is 3.08. The van der Waals surface area contributed by atoms with E-state index >= 15 is 0 Å². The highest BCUT2D eigenvalue weighted by molar-refractivity contribution is 9.09. The van der Waals surface area contributed by atoms with Crippen molar-refractivity contribution in [1.29, 1.82) is 0 Å². The molecule has 0 fully saturated rings. The van der Waals surface area contributed by atoms with Crippen LogP contribution in [0, 0.1) is 5.41 Å². The molecule has 130 valence electrons. The van der Waals surface area contributed by atoms with E-state index in [1.54, 1.807) is 20.3 Å². The number of carbonyl (C=O) groups excluding carboxylic acids is 1.